The highest BCUT2D eigenvalue weighted by Gasteiger charge is 2.49. The van der Waals surface area contributed by atoms with E-state index in [-0.39, 0.29) is 30.6 Å². The maximum atomic E-state index is 11.8. The number of urea groups is 1. The quantitative estimate of drug-likeness (QED) is 0.540. The first-order valence-corrected chi connectivity index (χ1v) is 6.85. The highest BCUT2D eigenvalue weighted by molar-refractivity contribution is 5.82. The monoisotopic (exact) mass is 288 g/mol. The lowest BCUT2D eigenvalue weighted by atomic mass is 9.64. The molecule has 2 amide bonds. The van der Waals surface area contributed by atoms with E-state index in [1.54, 1.807) is 0 Å². The summed E-state index contributed by atoms with van der Waals surface area (Å²) < 4.78 is 5.56. The van der Waals surface area contributed by atoms with Crippen molar-refractivity contribution in [2.45, 2.75) is 51.8 Å². The Labute approximate surface area is 118 Å². The Morgan fingerprint density at radius 2 is 2.10 bits per heavy atom. The molecule has 1 rings (SSSR count). The number of nitrogens with one attached hydrogen (secondary N) is 2. The Hall–Kier alpha value is -1.34. The number of aliphatic hydroxyl groups is 1. The van der Waals surface area contributed by atoms with Crippen molar-refractivity contribution < 1.29 is 24.5 Å². The van der Waals surface area contributed by atoms with Gasteiger partial charge in [-0.25, -0.2) is 9.59 Å². The zero-order valence-electron chi connectivity index (χ0n) is 12.2. The van der Waals surface area contributed by atoms with Crippen molar-refractivity contribution in [3.8, 4) is 0 Å². The van der Waals surface area contributed by atoms with Crippen molar-refractivity contribution in [3.63, 3.8) is 0 Å². The molecule has 3 unspecified atom stereocenters. The number of hydrogen-bond acceptors (Lipinski definition) is 4. The number of aliphatic hydroxyl groups excluding tert-OH is 1. The molecule has 7 heteroatoms. The Morgan fingerprint density at radius 3 is 2.55 bits per heavy atom. The zero-order chi connectivity index (χ0) is 15.3. The molecule has 7 nitrogen and oxygen atoms in total. The predicted octanol–water partition coefficient (Wildman–Crippen LogP) is 0.325. The molecule has 0 bridgehead atoms. The van der Waals surface area contributed by atoms with Gasteiger partial charge in [0.05, 0.1) is 6.10 Å². The Morgan fingerprint density at radius 1 is 1.45 bits per heavy atom. The third-order valence-corrected chi connectivity index (χ3v) is 3.87. The zero-order valence-corrected chi connectivity index (χ0v) is 12.2. The predicted molar refractivity (Wildman–Crippen MR) is 72.4 cm³/mol. The Bertz CT molecular complexity index is 359. The van der Waals surface area contributed by atoms with Crippen LogP contribution in [0.1, 0.15) is 33.6 Å². The molecule has 0 aromatic heterocycles. The van der Waals surface area contributed by atoms with Crippen molar-refractivity contribution >= 4 is 12.0 Å². The first kappa shape index (κ1) is 16.7. The first-order chi connectivity index (χ1) is 9.32. The molecule has 1 aliphatic rings. The molecule has 116 valence electrons. The van der Waals surface area contributed by atoms with Crippen LogP contribution in [0.15, 0.2) is 0 Å². The van der Waals surface area contributed by atoms with E-state index >= 15 is 0 Å². The second-order valence-corrected chi connectivity index (χ2v) is 5.57. The molecule has 0 saturated heterocycles. The molecule has 0 aromatic rings. The Kier molecular flexibility index (Phi) is 5.76. The average molecular weight is 288 g/mol. The van der Waals surface area contributed by atoms with Crippen LogP contribution in [0.5, 0.6) is 0 Å². The largest absolute Gasteiger partial charge is 0.480 e. The molecule has 0 spiro atoms. The maximum Gasteiger partial charge on any atom is 0.326 e. The van der Waals surface area contributed by atoms with E-state index in [1.165, 1.54) is 0 Å². The standard InChI is InChI=1S/C13H24N2O5/c1-4-20-10-7-9(13(10,2)3)15-12(19)14-8(5-6-16)11(17)18/h8-10,16H,4-7H2,1-3H3,(H,17,18)(H2,14,15,19). The molecule has 4 N–H and O–H groups in total. The topological polar surface area (TPSA) is 108 Å². The van der Waals surface area contributed by atoms with Crippen molar-refractivity contribution in [1.29, 1.82) is 0 Å². The minimum Gasteiger partial charge on any atom is -0.480 e. The highest BCUT2D eigenvalue weighted by Crippen LogP contribution is 2.42. The number of ether oxygens (including phenoxy) is 1. The molecule has 0 aliphatic heterocycles. The van der Waals surface area contributed by atoms with Crippen molar-refractivity contribution in [1.82, 2.24) is 10.6 Å². The molecule has 0 aromatic carbocycles. The van der Waals surface area contributed by atoms with Crippen LogP contribution in [0.25, 0.3) is 0 Å². The van der Waals surface area contributed by atoms with Crippen molar-refractivity contribution in [3.05, 3.63) is 0 Å². The van der Waals surface area contributed by atoms with Gasteiger partial charge in [-0.05, 0) is 13.3 Å². The normalized spacial score (nSPS) is 25.4. The van der Waals surface area contributed by atoms with Crippen LogP contribution in [0.3, 0.4) is 0 Å². The summed E-state index contributed by atoms with van der Waals surface area (Å²) in [7, 11) is 0. The summed E-state index contributed by atoms with van der Waals surface area (Å²) in [6.07, 6.45) is 0.801. The second kappa shape index (κ2) is 6.90. The molecule has 0 radical (unpaired) electrons. The lowest BCUT2D eigenvalue weighted by molar-refractivity contribution is -0.139. The summed E-state index contributed by atoms with van der Waals surface area (Å²) >= 11 is 0. The molecule has 1 saturated carbocycles. The summed E-state index contributed by atoms with van der Waals surface area (Å²) in [6.45, 7) is 6.27. The summed E-state index contributed by atoms with van der Waals surface area (Å²) in [5.41, 5.74) is -0.178. The third-order valence-electron chi connectivity index (χ3n) is 3.87. The molecular formula is C13H24N2O5. The fourth-order valence-electron chi connectivity index (χ4n) is 2.36. The highest BCUT2D eigenvalue weighted by atomic mass is 16.5. The van der Waals surface area contributed by atoms with E-state index in [0.29, 0.717) is 13.0 Å². The van der Waals surface area contributed by atoms with Crippen LogP contribution in [-0.2, 0) is 9.53 Å². The number of carbonyl (C=O) groups excluding carboxylic acids is 1. The molecule has 1 aliphatic carbocycles. The smallest absolute Gasteiger partial charge is 0.326 e. The van der Waals surface area contributed by atoms with E-state index in [1.807, 2.05) is 20.8 Å². The van der Waals surface area contributed by atoms with Gasteiger partial charge in [0.1, 0.15) is 6.04 Å². The van der Waals surface area contributed by atoms with E-state index in [2.05, 4.69) is 10.6 Å². The van der Waals surface area contributed by atoms with Crippen LogP contribution in [0.2, 0.25) is 0 Å². The molecular weight excluding hydrogens is 264 g/mol. The number of carbonyl (C=O) groups is 2. The van der Waals surface area contributed by atoms with Gasteiger partial charge in [0.25, 0.3) is 0 Å². The fourth-order valence-corrected chi connectivity index (χ4v) is 2.36. The summed E-state index contributed by atoms with van der Waals surface area (Å²) in [5.74, 6) is -1.16. The van der Waals surface area contributed by atoms with Gasteiger partial charge in [-0.1, -0.05) is 13.8 Å². The van der Waals surface area contributed by atoms with Gasteiger partial charge in [0, 0.05) is 31.1 Å². The molecule has 0 heterocycles. The van der Waals surface area contributed by atoms with E-state index in [0.717, 1.165) is 0 Å². The first-order valence-electron chi connectivity index (χ1n) is 6.85. The van der Waals surface area contributed by atoms with Gasteiger partial charge >= 0.3 is 12.0 Å². The van der Waals surface area contributed by atoms with Gasteiger partial charge in [-0.3, -0.25) is 0 Å². The SMILES string of the molecule is CCOC1CC(NC(=O)NC(CCO)C(=O)O)C1(C)C. The number of aliphatic carboxylic acids is 1. The van der Waals surface area contributed by atoms with E-state index < -0.39 is 18.0 Å². The molecule has 3 atom stereocenters. The number of carboxylic acid groups (broad SMARTS) is 1. The average Bonchev–Trinajstić information content (AvgIpc) is 2.37. The van der Waals surface area contributed by atoms with Crippen LogP contribution >= 0.6 is 0 Å². The van der Waals surface area contributed by atoms with Crippen molar-refractivity contribution in [2.75, 3.05) is 13.2 Å². The van der Waals surface area contributed by atoms with E-state index in [9.17, 15) is 9.59 Å². The van der Waals surface area contributed by atoms with Crippen LogP contribution < -0.4 is 10.6 Å². The molecule has 1 fully saturated rings. The third kappa shape index (κ3) is 3.83. The van der Waals surface area contributed by atoms with Gasteiger partial charge in [0.2, 0.25) is 0 Å². The maximum absolute atomic E-state index is 11.8. The van der Waals surface area contributed by atoms with Crippen LogP contribution in [0, 0.1) is 5.41 Å². The summed E-state index contributed by atoms with van der Waals surface area (Å²) in [6, 6.07) is -1.66. The second-order valence-electron chi connectivity index (χ2n) is 5.57. The number of rotatable bonds is 7. The number of hydrogen-bond donors (Lipinski definition) is 4. The minimum atomic E-state index is -1.16. The van der Waals surface area contributed by atoms with Gasteiger partial charge < -0.3 is 25.6 Å². The van der Waals surface area contributed by atoms with Gasteiger partial charge in [-0.15, -0.1) is 0 Å². The van der Waals surface area contributed by atoms with Gasteiger partial charge in [-0.2, -0.15) is 0 Å². The number of carboxylic acids is 1. The summed E-state index contributed by atoms with van der Waals surface area (Å²) in [5, 5.41) is 22.8. The minimum absolute atomic E-state index is 0.0155. The van der Waals surface area contributed by atoms with Crippen LogP contribution in [0.4, 0.5) is 4.79 Å². The lowest BCUT2D eigenvalue weighted by Crippen LogP contribution is -2.64. The fraction of sp³-hybridized carbons (Fsp3) is 0.846. The van der Waals surface area contributed by atoms with Gasteiger partial charge in [0.15, 0.2) is 0 Å². The number of amides is 2. The van der Waals surface area contributed by atoms with Crippen molar-refractivity contribution in [2.24, 2.45) is 5.41 Å². The summed E-state index contributed by atoms with van der Waals surface area (Å²) in [4.78, 5) is 22.7. The molecule has 20 heavy (non-hydrogen) atoms. The lowest BCUT2D eigenvalue weighted by Gasteiger charge is -2.51. The van der Waals surface area contributed by atoms with Crippen LogP contribution in [-0.4, -0.2) is 53.6 Å². The van der Waals surface area contributed by atoms with E-state index in [4.69, 9.17) is 14.9 Å². The Balaban J connectivity index is 2.45.